The quantitative estimate of drug-likeness (QED) is 0.699. The maximum Gasteiger partial charge on any atom is 0.422 e. The van der Waals surface area contributed by atoms with Crippen LogP contribution in [-0.4, -0.2) is 17.6 Å². The third kappa shape index (κ3) is 3.08. The van der Waals surface area contributed by atoms with E-state index < -0.39 is 17.6 Å². The Morgan fingerprint density at radius 1 is 1.29 bits per heavy atom. The number of carbonyl (C=O) groups excluding carboxylic acids is 2. The van der Waals surface area contributed by atoms with E-state index in [2.05, 4.69) is 0 Å². The number of halogens is 1. The number of rotatable bonds is 1. The van der Waals surface area contributed by atoms with Gasteiger partial charge in [-0.05, 0) is 45.0 Å². The molecule has 5 nitrogen and oxygen atoms in total. The topological polar surface area (TPSA) is 59.8 Å². The zero-order valence-corrected chi connectivity index (χ0v) is 14.3. The number of fused-ring (bicyclic) bond motifs is 1. The van der Waals surface area contributed by atoms with Gasteiger partial charge in [0, 0.05) is 16.1 Å². The first-order chi connectivity index (χ1) is 11.3. The van der Waals surface area contributed by atoms with Gasteiger partial charge in [-0.2, -0.15) is 0 Å². The molecule has 0 spiro atoms. The van der Waals surface area contributed by atoms with Crippen LogP contribution in [0.1, 0.15) is 31.9 Å². The highest BCUT2D eigenvalue weighted by atomic mass is 35.5. The molecule has 124 valence electrons. The number of furan rings is 1. The second kappa shape index (κ2) is 5.83. The Balaban J connectivity index is 2.08. The Kier molecular flexibility index (Phi) is 3.97. The minimum Gasteiger partial charge on any atom is -0.472 e. The molecular formula is C18H16ClNO4. The predicted molar refractivity (Wildman–Crippen MR) is 91.8 cm³/mol. The van der Waals surface area contributed by atoms with E-state index in [0.29, 0.717) is 21.8 Å². The number of benzene rings is 1. The average Bonchev–Trinajstić information content (AvgIpc) is 3.05. The Bertz CT molecular complexity index is 831. The fourth-order valence-electron chi connectivity index (χ4n) is 2.41. The Morgan fingerprint density at radius 2 is 2.04 bits per heavy atom. The summed E-state index contributed by atoms with van der Waals surface area (Å²) in [5.74, 6) is -0.456. The van der Waals surface area contributed by atoms with E-state index in [1.807, 2.05) is 0 Å². The summed E-state index contributed by atoms with van der Waals surface area (Å²) < 4.78 is 10.4. The lowest BCUT2D eigenvalue weighted by Gasteiger charge is -2.23. The molecule has 0 saturated heterocycles. The van der Waals surface area contributed by atoms with Crippen LogP contribution < -0.4 is 4.90 Å². The van der Waals surface area contributed by atoms with Gasteiger partial charge in [-0.1, -0.05) is 17.7 Å². The van der Waals surface area contributed by atoms with Gasteiger partial charge in [-0.25, -0.2) is 9.69 Å². The van der Waals surface area contributed by atoms with Crippen LogP contribution in [-0.2, 0) is 9.53 Å². The summed E-state index contributed by atoms with van der Waals surface area (Å²) in [6, 6.07) is 6.70. The smallest absolute Gasteiger partial charge is 0.422 e. The van der Waals surface area contributed by atoms with Crippen LogP contribution in [0.2, 0.25) is 5.02 Å². The number of anilines is 1. The van der Waals surface area contributed by atoms with Crippen molar-refractivity contribution in [2.75, 3.05) is 4.90 Å². The molecule has 1 aromatic heterocycles. The highest BCUT2D eigenvalue weighted by Gasteiger charge is 2.39. The van der Waals surface area contributed by atoms with Crippen LogP contribution in [0.25, 0.3) is 11.6 Å². The summed E-state index contributed by atoms with van der Waals surface area (Å²) in [5.41, 5.74) is 1.43. The lowest BCUT2D eigenvalue weighted by molar-refractivity contribution is -0.112. The first-order valence-electron chi connectivity index (χ1n) is 7.37. The summed E-state index contributed by atoms with van der Waals surface area (Å²) >= 11 is 6.04. The molecule has 24 heavy (non-hydrogen) atoms. The second-order valence-corrected chi connectivity index (χ2v) is 6.83. The molecule has 2 aromatic rings. The van der Waals surface area contributed by atoms with Crippen molar-refractivity contribution in [3.63, 3.8) is 0 Å². The lowest BCUT2D eigenvalue weighted by Crippen LogP contribution is -2.38. The number of hydrogen-bond donors (Lipinski definition) is 0. The highest BCUT2D eigenvalue weighted by molar-refractivity contribution is 6.42. The SMILES string of the molecule is CC(C)(C)OC(=O)N1C(=O)/C(=C/c2ccoc2)c2ccc(Cl)cc21. The number of carbonyl (C=O) groups is 2. The van der Waals surface area contributed by atoms with E-state index in [4.69, 9.17) is 20.8 Å². The van der Waals surface area contributed by atoms with Gasteiger partial charge >= 0.3 is 6.09 Å². The largest absolute Gasteiger partial charge is 0.472 e. The number of nitrogens with zero attached hydrogens (tertiary/aromatic N) is 1. The zero-order valence-electron chi connectivity index (χ0n) is 13.5. The summed E-state index contributed by atoms with van der Waals surface area (Å²) in [6.45, 7) is 5.23. The molecule has 0 bridgehead atoms. The predicted octanol–water partition coefficient (Wildman–Crippen LogP) is 4.76. The molecule has 1 aliphatic rings. The molecule has 2 amide bonds. The van der Waals surface area contributed by atoms with Gasteiger partial charge in [0.15, 0.2) is 0 Å². The number of hydrogen-bond acceptors (Lipinski definition) is 4. The van der Waals surface area contributed by atoms with Gasteiger partial charge in [0.1, 0.15) is 5.60 Å². The van der Waals surface area contributed by atoms with Crippen molar-refractivity contribution in [3.8, 4) is 0 Å². The standard InChI is InChI=1S/C18H16ClNO4/c1-18(2,3)24-17(22)20-15-9-12(19)4-5-13(15)14(16(20)21)8-11-6-7-23-10-11/h4-10H,1-3H3/b14-8+. The fourth-order valence-corrected chi connectivity index (χ4v) is 2.58. The molecule has 2 heterocycles. The normalized spacial score (nSPS) is 15.8. The maximum atomic E-state index is 12.8. The van der Waals surface area contributed by atoms with Gasteiger partial charge < -0.3 is 9.15 Å². The maximum absolute atomic E-state index is 12.8. The van der Waals surface area contributed by atoms with E-state index in [0.717, 1.165) is 10.5 Å². The Hall–Kier alpha value is -2.53. The monoisotopic (exact) mass is 345 g/mol. The minimum absolute atomic E-state index is 0.383. The van der Waals surface area contributed by atoms with Crippen LogP contribution in [0.15, 0.2) is 41.2 Å². The first kappa shape index (κ1) is 16.3. The Labute approximate surface area is 144 Å². The molecule has 1 aliphatic heterocycles. The van der Waals surface area contributed by atoms with Gasteiger partial charge in [0.05, 0.1) is 23.8 Å². The average molecular weight is 346 g/mol. The van der Waals surface area contributed by atoms with Crippen molar-refractivity contribution in [1.29, 1.82) is 0 Å². The zero-order chi connectivity index (χ0) is 17.5. The van der Waals surface area contributed by atoms with Crippen molar-refractivity contribution in [2.45, 2.75) is 26.4 Å². The number of amides is 2. The molecule has 0 unspecified atom stereocenters. The Morgan fingerprint density at radius 3 is 2.67 bits per heavy atom. The fraction of sp³-hybridized carbons (Fsp3) is 0.222. The van der Waals surface area contributed by atoms with Crippen molar-refractivity contribution >= 4 is 40.9 Å². The molecule has 6 heteroatoms. The van der Waals surface area contributed by atoms with Crippen LogP contribution in [0, 0.1) is 0 Å². The van der Waals surface area contributed by atoms with Crippen molar-refractivity contribution < 1.29 is 18.7 Å². The number of imide groups is 1. The van der Waals surface area contributed by atoms with Crippen LogP contribution in [0.4, 0.5) is 10.5 Å². The third-order valence-electron chi connectivity index (χ3n) is 3.35. The van der Waals surface area contributed by atoms with Gasteiger partial charge in [0.25, 0.3) is 5.91 Å². The van der Waals surface area contributed by atoms with Crippen molar-refractivity contribution in [3.05, 3.63) is 52.9 Å². The van der Waals surface area contributed by atoms with Gasteiger partial charge in [-0.3, -0.25) is 4.79 Å². The van der Waals surface area contributed by atoms with E-state index in [-0.39, 0.29) is 0 Å². The van der Waals surface area contributed by atoms with Crippen molar-refractivity contribution in [2.24, 2.45) is 0 Å². The third-order valence-corrected chi connectivity index (χ3v) is 3.59. The molecule has 0 N–H and O–H groups in total. The molecule has 0 aliphatic carbocycles. The molecule has 0 saturated carbocycles. The molecular weight excluding hydrogens is 330 g/mol. The van der Waals surface area contributed by atoms with Crippen LogP contribution in [0.3, 0.4) is 0 Å². The van der Waals surface area contributed by atoms with E-state index >= 15 is 0 Å². The van der Waals surface area contributed by atoms with E-state index in [1.54, 1.807) is 51.1 Å². The summed E-state index contributed by atoms with van der Waals surface area (Å²) in [6.07, 6.45) is 3.97. The highest BCUT2D eigenvalue weighted by Crippen LogP contribution is 2.40. The van der Waals surface area contributed by atoms with Gasteiger partial charge in [0.2, 0.25) is 0 Å². The van der Waals surface area contributed by atoms with E-state index in [1.165, 1.54) is 12.5 Å². The molecule has 0 fully saturated rings. The summed E-state index contributed by atoms with van der Waals surface area (Å²) in [4.78, 5) is 26.3. The van der Waals surface area contributed by atoms with E-state index in [9.17, 15) is 9.59 Å². The first-order valence-corrected chi connectivity index (χ1v) is 7.75. The second-order valence-electron chi connectivity index (χ2n) is 6.40. The van der Waals surface area contributed by atoms with Gasteiger partial charge in [-0.15, -0.1) is 0 Å². The lowest BCUT2D eigenvalue weighted by atomic mass is 10.1. The van der Waals surface area contributed by atoms with Crippen molar-refractivity contribution in [1.82, 2.24) is 0 Å². The molecule has 0 atom stereocenters. The molecule has 3 rings (SSSR count). The molecule has 1 aromatic carbocycles. The summed E-state index contributed by atoms with van der Waals surface area (Å²) in [5, 5.41) is 0.430. The molecule has 0 radical (unpaired) electrons. The summed E-state index contributed by atoms with van der Waals surface area (Å²) in [7, 11) is 0. The number of ether oxygens (including phenoxy) is 1. The van der Waals surface area contributed by atoms with Crippen LogP contribution in [0.5, 0.6) is 0 Å². The van der Waals surface area contributed by atoms with Crippen LogP contribution >= 0.6 is 11.6 Å². The minimum atomic E-state index is -0.730.